The predicted octanol–water partition coefficient (Wildman–Crippen LogP) is 4.93. The summed E-state index contributed by atoms with van der Waals surface area (Å²) in [6, 6.07) is 0. The van der Waals surface area contributed by atoms with Crippen LogP contribution in [0.4, 0.5) is 0 Å². The number of aliphatic hydroxyl groups is 1. The van der Waals surface area contributed by atoms with E-state index >= 15 is 0 Å². The summed E-state index contributed by atoms with van der Waals surface area (Å²) in [4.78, 5) is 23.9. The molecule has 0 aromatic carbocycles. The molecule has 2 N–H and O–H groups in total. The topological polar surface area (TPSA) is 77.8 Å². The fourth-order valence-corrected chi connectivity index (χ4v) is 3.20. The van der Waals surface area contributed by atoms with Crippen LogP contribution in [0.25, 0.3) is 0 Å². The molecule has 0 aromatic rings. The van der Waals surface area contributed by atoms with E-state index in [0.29, 0.717) is 6.54 Å². The van der Waals surface area contributed by atoms with Gasteiger partial charge in [-0.25, -0.2) is 4.79 Å². The standard InChI is InChI=1S/C22H41NO4/c1-2-3-4-5-6-7-8-9-10-11-12-13-14-15-18-23(19-20-24)21(25)16-17-22(26)27/h16-17,24H,2-15,18-20H2,1H3,(H,26,27). The van der Waals surface area contributed by atoms with Crippen molar-refractivity contribution in [2.45, 2.75) is 96.8 Å². The molecular formula is C22H41NO4. The number of hydrogen-bond donors (Lipinski definition) is 2. The van der Waals surface area contributed by atoms with Crippen molar-refractivity contribution in [1.82, 2.24) is 4.90 Å². The minimum atomic E-state index is -1.14. The van der Waals surface area contributed by atoms with Crippen LogP contribution in [-0.2, 0) is 9.59 Å². The normalized spacial score (nSPS) is 11.2. The summed E-state index contributed by atoms with van der Waals surface area (Å²) in [5, 5.41) is 17.6. The van der Waals surface area contributed by atoms with Crippen molar-refractivity contribution in [3.8, 4) is 0 Å². The van der Waals surface area contributed by atoms with Gasteiger partial charge in [-0.1, -0.05) is 90.4 Å². The summed E-state index contributed by atoms with van der Waals surface area (Å²) in [5.74, 6) is -1.48. The predicted molar refractivity (Wildman–Crippen MR) is 111 cm³/mol. The summed E-state index contributed by atoms with van der Waals surface area (Å²) in [7, 11) is 0. The molecule has 5 heteroatoms. The molecule has 0 atom stereocenters. The van der Waals surface area contributed by atoms with Crippen LogP contribution < -0.4 is 0 Å². The lowest BCUT2D eigenvalue weighted by molar-refractivity contribution is -0.132. The maximum Gasteiger partial charge on any atom is 0.328 e. The van der Waals surface area contributed by atoms with E-state index in [0.717, 1.165) is 25.0 Å². The third kappa shape index (κ3) is 17.8. The number of nitrogens with zero attached hydrogens (tertiary/aromatic N) is 1. The maximum atomic E-state index is 11.9. The Kier molecular flexibility index (Phi) is 18.4. The first kappa shape index (κ1) is 25.6. The summed E-state index contributed by atoms with van der Waals surface area (Å²) in [5.41, 5.74) is 0. The fourth-order valence-electron chi connectivity index (χ4n) is 3.20. The third-order valence-corrected chi connectivity index (χ3v) is 4.83. The molecule has 0 radical (unpaired) electrons. The molecule has 0 heterocycles. The van der Waals surface area contributed by atoms with Crippen LogP contribution >= 0.6 is 0 Å². The van der Waals surface area contributed by atoms with Gasteiger partial charge in [-0.15, -0.1) is 0 Å². The van der Waals surface area contributed by atoms with Crippen molar-refractivity contribution in [1.29, 1.82) is 0 Å². The molecule has 0 fully saturated rings. The van der Waals surface area contributed by atoms with Gasteiger partial charge >= 0.3 is 5.97 Å². The highest BCUT2D eigenvalue weighted by Gasteiger charge is 2.09. The van der Waals surface area contributed by atoms with E-state index in [1.54, 1.807) is 0 Å². The van der Waals surface area contributed by atoms with Crippen LogP contribution in [0.5, 0.6) is 0 Å². The molecule has 158 valence electrons. The summed E-state index contributed by atoms with van der Waals surface area (Å²) < 4.78 is 0. The van der Waals surface area contributed by atoms with Gasteiger partial charge in [0.2, 0.25) is 5.91 Å². The first-order chi connectivity index (χ1) is 13.1. The number of carbonyl (C=O) groups excluding carboxylic acids is 1. The number of hydrogen-bond acceptors (Lipinski definition) is 3. The van der Waals surface area contributed by atoms with Crippen molar-refractivity contribution >= 4 is 11.9 Å². The van der Waals surface area contributed by atoms with Crippen molar-refractivity contribution in [3.05, 3.63) is 12.2 Å². The SMILES string of the molecule is CCCCCCCCCCCCCCCCN(CCO)C(=O)C=CC(=O)O. The highest BCUT2D eigenvalue weighted by Crippen LogP contribution is 2.13. The lowest BCUT2D eigenvalue weighted by Crippen LogP contribution is -2.33. The van der Waals surface area contributed by atoms with E-state index in [2.05, 4.69) is 6.92 Å². The number of carboxylic acid groups (broad SMARTS) is 1. The average Bonchev–Trinajstić information content (AvgIpc) is 2.65. The Morgan fingerprint density at radius 1 is 0.704 bits per heavy atom. The molecule has 0 saturated heterocycles. The minimum Gasteiger partial charge on any atom is -0.478 e. The van der Waals surface area contributed by atoms with Gasteiger partial charge in [-0.05, 0) is 6.42 Å². The Morgan fingerprint density at radius 3 is 1.56 bits per heavy atom. The minimum absolute atomic E-state index is 0.106. The van der Waals surface area contributed by atoms with Crippen LogP contribution in [0.2, 0.25) is 0 Å². The average molecular weight is 384 g/mol. The lowest BCUT2D eigenvalue weighted by atomic mass is 10.0. The molecule has 0 aliphatic rings. The van der Waals surface area contributed by atoms with E-state index in [-0.39, 0.29) is 19.1 Å². The van der Waals surface area contributed by atoms with E-state index in [1.165, 1.54) is 81.9 Å². The summed E-state index contributed by atoms with van der Waals surface area (Å²) in [6.45, 7) is 2.97. The van der Waals surface area contributed by atoms with Gasteiger partial charge in [0.25, 0.3) is 0 Å². The summed E-state index contributed by atoms with van der Waals surface area (Å²) >= 11 is 0. The van der Waals surface area contributed by atoms with Crippen molar-refractivity contribution in [2.24, 2.45) is 0 Å². The molecule has 0 unspecified atom stereocenters. The zero-order valence-corrected chi connectivity index (χ0v) is 17.3. The molecule has 0 rings (SSSR count). The zero-order chi connectivity index (χ0) is 20.2. The summed E-state index contributed by atoms with van der Waals surface area (Å²) in [6.07, 6.45) is 19.9. The van der Waals surface area contributed by atoms with Gasteiger partial charge in [-0.3, -0.25) is 4.79 Å². The van der Waals surface area contributed by atoms with E-state index in [9.17, 15) is 9.59 Å². The first-order valence-corrected chi connectivity index (χ1v) is 10.9. The second-order valence-corrected chi connectivity index (χ2v) is 7.32. The van der Waals surface area contributed by atoms with Crippen molar-refractivity contribution in [2.75, 3.05) is 19.7 Å². The van der Waals surface area contributed by atoms with Gasteiger partial charge in [0.05, 0.1) is 6.61 Å². The van der Waals surface area contributed by atoms with Gasteiger partial charge in [0, 0.05) is 25.2 Å². The highest BCUT2D eigenvalue weighted by molar-refractivity contribution is 5.93. The second kappa shape index (κ2) is 19.4. The molecule has 5 nitrogen and oxygen atoms in total. The van der Waals surface area contributed by atoms with Crippen LogP contribution in [0.15, 0.2) is 12.2 Å². The molecular weight excluding hydrogens is 342 g/mol. The van der Waals surface area contributed by atoms with Crippen LogP contribution in [0.1, 0.15) is 96.8 Å². The second-order valence-electron chi connectivity index (χ2n) is 7.32. The molecule has 1 amide bonds. The Bertz CT molecular complexity index is 396. The Labute approximate surface area is 165 Å². The van der Waals surface area contributed by atoms with Gasteiger partial charge in [0.15, 0.2) is 0 Å². The maximum absolute atomic E-state index is 11.9. The van der Waals surface area contributed by atoms with E-state index < -0.39 is 5.97 Å². The Morgan fingerprint density at radius 2 is 1.15 bits per heavy atom. The van der Waals surface area contributed by atoms with Crippen LogP contribution in [0, 0.1) is 0 Å². The molecule has 0 aliphatic carbocycles. The number of amides is 1. The third-order valence-electron chi connectivity index (χ3n) is 4.83. The van der Waals surface area contributed by atoms with Gasteiger partial charge in [0.1, 0.15) is 0 Å². The van der Waals surface area contributed by atoms with Crippen LogP contribution in [0.3, 0.4) is 0 Å². The zero-order valence-electron chi connectivity index (χ0n) is 17.3. The quantitative estimate of drug-likeness (QED) is 0.245. The number of aliphatic hydroxyl groups excluding tert-OH is 1. The molecule has 27 heavy (non-hydrogen) atoms. The number of unbranched alkanes of at least 4 members (excludes halogenated alkanes) is 13. The number of rotatable bonds is 19. The molecule has 0 saturated carbocycles. The Hall–Kier alpha value is -1.36. The smallest absolute Gasteiger partial charge is 0.328 e. The van der Waals surface area contributed by atoms with Crippen LogP contribution in [-0.4, -0.2) is 46.7 Å². The lowest BCUT2D eigenvalue weighted by Gasteiger charge is -2.19. The van der Waals surface area contributed by atoms with Crippen molar-refractivity contribution in [3.63, 3.8) is 0 Å². The Balaban J connectivity index is 3.54. The molecule has 0 bridgehead atoms. The van der Waals surface area contributed by atoms with E-state index in [1.807, 2.05) is 0 Å². The molecule has 0 spiro atoms. The number of carbonyl (C=O) groups is 2. The fraction of sp³-hybridized carbons (Fsp3) is 0.818. The van der Waals surface area contributed by atoms with Gasteiger partial charge in [-0.2, -0.15) is 0 Å². The van der Waals surface area contributed by atoms with E-state index in [4.69, 9.17) is 10.2 Å². The first-order valence-electron chi connectivity index (χ1n) is 10.9. The largest absolute Gasteiger partial charge is 0.478 e. The number of aliphatic carboxylic acids is 1. The monoisotopic (exact) mass is 383 g/mol. The van der Waals surface area contributed by atoms with Crippen molar-refractivity contribution < 1.29 is 19.8 Å². The van der Waals surface area contributed by atoms with Gasteiger partial charge < -0.3 is 15.1 Å². The molecule has 0 aliphatic heterocycles. The number of carboxylic acids is 1. The highest BCUT2D eigenvalue weighted by atomic mass is 16.4. The molecule has 0 aromatic heterocycles.